The summed E-state index contributed by atoms with van der Waals surface area (Å²) in [5.41, 5.74) is 13.2. The first-order valence-corrected chi connectivity index (χ1v) is 33.3. The summed E-state index contributed by atoms with van der Waals surface area (Å²) >= 11 is 0. The predicted molar refractivity (Wildman–Crippen MR) is 399 cm³/mol. The van der Waals surface area contributed by atoms with Gasteiger partial charge in [0, 0.05) is 107 Å². The van der Waals surface area contributed by atoms with Crippen molar-refractivity contribution < 1.29 is 48.3 Å². The second kappa shape index (κ2) is 32.8. The second-order valence-corrected chi connectivity index (χ2v) is 25.7. The molecule has 0 bridgehead atoms. The first kappa shape index (κ1) is 78.0. The molecule has 18 aromatic rings. The van der Waals surface area contributed by atoms with E-state index < -0.39 is 34.9 Å². The van der Waals surface area contributed by atoms with E-state index in [-0.39, 0.29) is 45.8 Å². The molecule has 9 heterocycles. The summed E-state index contributed by atoms with van der Waals surface area (Å²) in [6, 6.07) is 27.1. The summed E-state index contributed by atoms with van der Waals surface area (Å²) in [6.07, 6.45) is 14.3. The Kier molecular flexibility index (Phi) is 23.7. The number of imidazole rings is 3. The van der Waals surface area contributed by atoms with Gasteiger partial charge in [0.05, 0.1) is 138 Å². The molecule has 0 saturated heterocycles. The van der Waals surface area contributed by atoms with Crippen molar-refractivity contribution in [3.8, 4) is 0 Å². The lowest BCUT2D eigenvalue weighted by atomic mass is 10.1. The van der Waals surface area contributed by atoms with Crippen molar-refractivity contribution in [2.75, 3.05) is 0 Å². The van der Waals surface area contributed by atoms with Gasteiger partial charge in [-0.3, -0.25) is 28.9 Å². The van der Waals surface area contributed by atoms with Crippen LogP contribution in [0.5, 0.6) is 0 Å². The molecule has 9 aromatic carbocycles. The van der Waals surface area contributed by atoms with Crippen LogP contribution in [-0.4, -0.2) is 88.2 Å². The second-order valence-electron chi connectivity index (χ2n) is 25.7. The molecular weight excluding hydrogens is 1410 g/mol. The number of aromatic nitrogens is 18. The Hall–Kier alpha value is -12.6. The molecule has 0 unspecified atom stereocenters. The van der Waals surface area contributed by atoms with Gasteiger partial charge in [0.15, 0.2) is 5.82 Å². The smallest absolute Gasteiger partial charge is 0.154 e. The lowest BCUT2D eigenvalue weighted by molar-refractivity contribution is 0.573. The molecule has 0 atom stereocenters. The van der Waals surface area contributed by atoms with Gasteiger partial charge in [0.1, 0.15) is 63.7 Å². The van der Waals surface area contributed by atoms with E-state index in [1.165, 1.54) is 108 Å². The number of H-pyrrole nitrogens is 2. The number of aryl methyl sites for hydroxylation is 13. The van der Waals surface area contributed by atoms with E-state index in [9.17, 15) is 48.3 Å². The monoisotopic (exact) mass is 1480 g/mol. The lowest BCUT2D eigenvalue weighted by Crippen LogP contribution is -1.94. The van der Waals surface area contributed by atoms with E-state index in [1.54, 1.807) is 128 Å². The maximum atomic E-state index is 13.5. The van der Waals surface area contributed by atoms with E-state index >= 15 is 0 Å². The van der Waals surface area contributed by atoms with Gasteiger partial charge in [-0.25, -0.2) is 63.2 Å². The highest BCUT2D eigenvalue weighted by Gasteiger charge is 2.16. The summed E-state index contributed by atoms with van der Waals surface area (Å²) in [5.74, 6) is -4.15. The van der Waals surface area contributed by atoms with Gasteiger partial charge < -0.3 is 13.7 Å². The third kappa shape index (κ3) is 16.9. The summed E-state index contributed by atoms with van der Waals surface area (Å²) in [5, 5.41) is 32.6. The van der Waals surface area contributed by atoms with Crippen LogP contribution in [0.15, 0.2) is 153 Å². The standard InChI is InChI=1S/2C9H8F2N2.4C9H9FN2.C9H10N2.C8H6F2N2.C8H7FN2/c1-5-7(10)3-8-6(9(5)11)4-12-13(8)2;1-5-6(10)3-7-9(8(5)11)13(2)4-12-7;2*1-6-3-9-8(4-7(6)10)11-5-12(9)2;1-6-3-7-5-11-12(2)9(7)4-8(6)10;1-6-3-4-8-7(9(6)10)5-11-12(8)2;1-7-3-4-9-8(5-7)6-10-11(9)2;1-4-6(9)2-7-5(8(4)10)3-11-12-7;1-5-2-3-7-6(8(5)9)4-10-11-7/h2*3-4H,1-2H3;4*3-5H,1-2H3;3-6H,1-2H3;2-3H,1H3,(H,11,12);2-4H,1H3,(H,10,11). The number of hydrogen-bond acceptors (Lipinski definition) is 9. The first-order valence-electron chi connectivity index (χ1n) is 33.3. The van der Waals surface area contributed by atoms with Crippen molar-refractivity contribution in [3.63, 3.8) is 0 Å². The van der Waals surface area contributed by atoms with Crippen molar-refractivity contribution in [1.29, 1.82) is 0 Å². The maximum absolute atomic E-state index is 13.5. The van der Waals surface area contributed by atoms with E-state index in [0.717, 1.165) is 33.0 Å². The van der Waals surface area contributed by atoms with E-state index in [0.29, 0.717) is 82.5 Å². The number of aromatic amines is 2. The number of rotatable bonds is 0. The number of nitrogens with one attached hydrogen (secondary N) is 2. The summed E-state index contributed by atoms with van der Waals surface area (Å²) < 4.78 is 157. The summed E-state index contributed by atoms with van der Waals surface area (Å²) in [6.45, 7) is 15.1. The van der Waals surface area contributed by atoms with Crippen LogP contribution >= 0.6 is 0 Å². The van der Waals surface area contributed by atoms with Crippen LogP contribution in [0.2, 0.25) is 0 Å². The minimum atomic E-state index is -0.552. The third-order valence-corrected chi connectivity index (χ3v) is 17.9. The topological polar surface area (TPSA) is 182 Å². The number of halogens is 11. The largest absolute Gasteiger partial charge is 0.334 e. The lowest BCUT2D eigenvalue weighted by Gasteiger charge is -2.01. The van der Waals surface area contributed by atoms with Gasteiger partial charge in [-0.2, -0.15) is 30.6 Å². The Bertz CT molecular complexity index is 6070. The zero-order valence-electron chi connectivity index (χ0n) is 61.7. The molecule has 0 aliphatic rings. The molecule has 0 spiro atoms. The third-order valence-electron chi connectivity index (χ3n) is 17.9. The molecule has 0 aliphatic carbocycles. The van der Waals surface area contributed by atoms with Crippen molar-refractivity contribution >= 4 is 98.5 Å². The number of benzene rings is 9. The van der Waals surface area contributed by atoms with Crippen molar-refractivity contribution in [3.05, 3.63) is 267 Å². The quantitative estimate of drug-likeness (QED) is 0.140. The molecule has 558 valence electrons. The van der Waals surface area contributed by atoms with Crippen LogP contribution in [0.3, 0.4) is 0 Å². The van der Waals surface area contributed by atoms with Crippen LogP contribution in [0.1, 0.15) is 50.1 Å². The summed E-state index contributed by atoms with van der Waals surface area (Å²) in [4.78, 5) is 12.0. The molecule has 0 aliphatic heterocycles. The molecule has 108 heavy (non-hydrogen) atoms. The van der Waals surface area contributed by atoms with Crippen LogP contribution in [0.4, 0.5) is 48.3 Å². The molecule has 29 heteroatoms. The maximum Gasteiger partial charge on any atom is 0.154 e. The minimum Gasteiger partial charge on any atom is -0.334 e. The fourth-order valence-corrected chi connectivity index (χ4v) is 11.2. The van der Waals surface area contributed by atoms with Gasteiger partial charge in [0.25, 0.3) is 0 Å². The molecule has 0 saturated carbocycles. The van der Waals surface area contributed by atoms with E-state index in [2.05, 4.69) is 80.9 Å². The van der Waals surface area contributed by atoms with Gasteiger partial charge in [-0.05, 0) is 139 Å². The highest BCUT2D eigenvalue weighted by atomic mass is 19.2. The summed E-state index contributed by atoms with van der Waals surface area (Å²) in [7, 11) is 12.7. The Morgan fingerprint density at radius 1 is 0.287 bits per heavy atom. The van der Waals surface area contributed by atoms with Crippen LogP contribution in [0, 0.1) is 126 Å². The normalized spacial score (nSPS) is 10.9. The average molecular weight is 1490 g/mol. The van der Waals surface area contributed by atoms with Gasteiger partial charge in [-0.15, -0.1) is 0 Å². The molecule has 0 fully saturated rings. The first-order chi connectivity index (χ1) is 51.2. The number of hydrogen-bond donors (Lipinski definition) is 2. The molecule has 0 amide bonds. The Morgan fingerprint density at radius 2 is 0.685 bits per heavy atom. The highest BCUT2D eigenvalue weighted by Crippen LogP contribution is 2.27. The molecule has 0 radical (unpaired) electrons. The Balaban J connectivity index is 0.000000130. The molecule has 18 nitrogen and oxygen atoms in total. The SMILES string of the molecule is Cc1c(F)cc2[nH]ncc2c1F.Cc1c(F)cc2c(cnn2C)c1F.Cc1c(F)cc2ncn(C)c2c1F.Cc1cc2c(cc1F)ncn2C.Cc1cc2c(cc1F)ncn2C.Cc1cc2cnn(C)c2cc1F.Cc1ccc2[nH]ncc2c1F.Cc1ccc2c(cnn2C)c1.Cc1ccc2c(cnn2C)c1F. The molecule has 9 aromatic heterocycles. The van der Waals surface area contributed by atoms with Gasteiger partial charge >= 0.3 is 0 Å². The zero-order chi connectivity index (χ0) is 78.4. The van der Waals surface area contributed by atoms with Gasteiger partial charge in [-0.1, -0.05) is 23.8 Å². The van der Waals surface area contributed by atoms with E-state index in [4.69, 9.17) is 0 Å². The number of nitrogens with zero attached hydrogens (tertiary/aromatic N) is 16. The van der Waals surface area contributed by atoms with Crippen LogP contribution < -0.4 is 0 Å². The molecule has 2 N–H and O–H groups in total. The van der Waals surface area contributed by atoms with Crippen molar-refractivity contribution in [2.45, 2.75) is 62.3 Å². The Labute approximate surface area is 611 Å². The molecule has 18 rings (SSSR count). The van der Waals surface area contributed by atoms with E-state index in [1.807, 2.05) is 53.3 Å². The van der Waals surface area contributed by atoms with Crippen molar-refractivity contribution in [2.24, 2.45) is 49.3 Å². The zero-order valence-corrected chi connectivity index (χ0v) is 61.7. The van der Waals surface area contributed by atoms with Crippen molar-refractivity contribution in [1.82, 2.24) is 88.2 Å². The minimum absolute atomic E-state index is 0.0314. The predicted octanol–water partition coefficient (Wildman–Crippen LogP) is 18.4. The number of fused-ring (bicyclic) bond motifs is 9. The fourth-order valence-electron chi connectivity index (χ4n) is 11.2. The average Bonchev–Trinajstić information content (AvgIpc) is 1.71. The highest BCUT2D eigenvalue weighted by molar-refractivity contribution is 5.84. The fraction of sp³-hybridized carbons (Fsp3) is 0.203. The van der Waals surface area contributed by atoms with Crippen LogP contribution in [0.25, 0.3) is 98.5 Å². The van der Waals surface area contributed by atoms with Crippen LogP contribution in [-0.2, 0) is 49.3 Å². The molecular formula is C79H75F11N18. The Morgan fingerprint density at radius 3 is 1.28 bits per heavy atom. The van der Waals surface area contributed by atoms with Gasteiger partial charge in [0.2, 0.25) is 0 Å².